The second-order valence-electron chi connectivity index (χ2n) is 3.02. The maximum Gasteiger partial charge on any atom is 0.208 e. The van der Waals surface area contributed by atoms with Crippen molar-refractivity contribution >= 4 is 11.6 Å². The van der Waals surface area contributed by atoms with E-state index in [4.69, 9.17) is 11.6 Å². The van der Waals surface area contributed by atoms with Gasteiger partial charge >= 0.3 is 0 Å². The first-order chi connectivity index (χ1) is 6.77. The number of hydrogen-bond acceptors (Lipinski definition) is 2. The van der Waals surface area contributed by atoms with Crippen LogP contribution in [0.3, 0.4) is 0 Å². The van der Waals surface area contributed by atoms with Gasteiger partial charge in [-0.25, -0.2) is 10.8 Å². The van der Waals surface area contributed by atoms with Crippen molar-refractivity contribution in [3.63, 3.8) is 0 Å². The van der Waals surface area contributed by atoms with Crippen molar-refractivity contribution in [1.29, 1.82) is 0 Å². The van der Waals surface area contributed by atoms with Crippen LogP contribution in [0.15, 0.2) is 29.3 Å². The Morgan fingerprint density at radius 1 is 1.43 bits per heavy atom. The number of hydrogen-bond donors (Lipinski definition) is 3. The molecule has 0 saturated heterocycles. The Kier molecular flexibility index (Phi) is 3.94. The van der Waals surface area contributed by atoms with Crippen LogP contribution in [-0.4, -0.2) is 5.96 Å². The fourth-order valence-electron chi connectivity index (χ4n) is 1.26. The molecule has 5 N–H and O–H groups in total. The Bertz CT molecular complexity index is 320. The van der Waals surface area contributed by atoms with Gasteiger partial charge in [0.2, 0.25) is 5.96 Å². The summed E-state index contributed by atoms with van der Waals surface area (Å²) in [5, 5.41) is 0. The summed E-state index contributed by atoms with van der Waals surface area (Å²) in [5.74, 6) is 5.37. The number of aryl methyl sites for hydroxylation is 1. The highest BCUT2D eigenvalue weighted by atomic mass is 15.3. The molecule has 0 atom stereocenters. The van der Waals surface area contributed by atoms with E-state index < -0.39 is 0 Å². The van der Waals surface area contributed by atoms with Crippen LogP contribution in [0, 0.1) is 0 Å². The minimum Gasteiger partial charge on any atom is -0.369 e. The predicted molar refractivity (Wildman–Crippen MR) is 59.0 cm³/mol. The summed E-state index contributed by atoms with van der Waals surface area (Å²) in [6.45, 7) is 2.13. The van der Waals surface area contributed by atoms with Gasteiger partial charge in [-0.15, -0.1) is 0 Å². The number of nitrogens with two attached hydrogens (primary N) is 2. The van der Waals surface area contributed by atoms with Crippen molar-refractivity contribution < 1.29 is 0 Å². The van der Waals surface area contributed by atoms with Crippen molar-refractivity contribution in [2.24, 2.45) is 16.6 Å². The van der Waals surface area contributed by atoms with E-state index in [-0.39, 0.29) is 5.96 Å². The molecule has 1 aromatic carbocycles. The number of rotatable bonds is 3. The van der Waals surface area contributed by atoms with Gasteiger partial charge < -0.3 is 5.73 Å². The van der Waals surface area contributed by atoms with E-state index >= 15 is 0 Å². The molecule has 0 aliphatic rings. The van der Waals surface area contributed by atoms with Crippen molar-refractivity contribution in [3.05, 3.63) is 29.8 Å². The normalized spacial score (nSPS) is 11.4. The lowest BCUT2D eigenvalue weighted by Gasteiger charge is -2.04. The molecule has 0 heterocycles. The zero-order valence-corrected chi connectivity index (χ0v) is 8.33. The van der Waals surface area contributed by atoms with Gasteiger partial charge in [0.05, 0.1) is 5.69 Å². The standard InChI is InChI=1S/C10H16N4/c1-2-5-8-6-3-4-7-9(8)13-10(11)14-12/h3-4,6-7H,2,5,12H2,1H3,(H3,11,13,14). The van der Waals surface area contributed by atoms with Crippen molar-refractivity contribution in [2.75, 3.05) is 0 Å². The van der Waals surface area contributed by atoms with Crippen LogP contribution in [-0.2, 0) is 6.42 Å². The molecule has 4 heteroatoms. The molecule has 0 saturated carbocycles. The van der Waals surface area contributed by atoms with Gasteiger partial charge in [0.15, 0.2) is 0 Å². The van der Waals surface area contributed by atoms with Gasteiger partial charge in [-0.05, 0) is 18.1 Å². The van der Waals surface area contributed by atoms with Crippen LogP contribution < -0.4 is 17.0 Å². The molecule has 1 aromatic rings. The number of nitrogens with zero attached hydrogens (tertiary/aromatic N) is 1. The molecule has 0 amide bonds. The zero-order chi connectivity index (χ0) is 10.4. The van der Waals surface area contributed by atoms with Gasteiger partial charge in [-0.3, -0.25) is 5.43 Å². The van der Waals surface area contributed by atoms with Gasteiger partial charge in [0.1, 0.15) is 0 Å². The van der Waals surface area contributed by atoms with Crippen molar-refractivity contribution in [3.8, 4) is 0 Å². The molecule has 4 nitrogen and oxygen atoms in total. The molecule has 0 fully saturated rings. The molecule has 76 valence electrons. The van der Waals surface area contributed by atoms with E-state index in [0.717, 1.165) is 18.5 Å². The van der Waals surface area contributed by atoms with Crippen LogP contribution in [0.1, 0.15) is 18.9 Å². The average Bonchev–Trinajstić information content (AvgIpc) is 2.21. The van der Waals surface area contributed by atoms with E-state index in [1.807, 2.05) is 24.3 Å². The first kappa shape index (κ1) is 10.5. The Hall–Kier alpha value is -1.55. The average molecular weight is 192 g/mol. The Morgan fingerprint density at radius 3 is 2.79 bits per heavy atom. The van der Waals surface area contributed by atoms with Gasteiger partial charge in [-0.2, -0.15) is 0 Å². The fourth-order valence-corrected chi connectivity index (χ4v) is 1.26. The number of para-hydroxylation sites is 1. The maximum absolute atomic E-state index is 5.48. The lowest BCUT2D eigenvalue weighted by molar-refractivity contribution is 0.919. The lowest BCUT2D eigenvalue weighted by Crippen LogP contribution is -2.36. The number of aliphatic imine (C=N–C) groups is 1. The molecule has 0 unspecified atom stereocenters. The zero-order valence-electron chi connectivity index (χ0n) is 8.33. The second-order valence-corrected chi connectivity index (χ2v) is 3.02. The van der Waals surface area contributed by atoms with Crippen molar-refractivity contribution in [2.45, 2.75) is 19.8 Å². The molecule has 0 aromatic heterocycles. The first-order valence-corrected chi connectivity index (χ1v) is 4.66. The number of hydrazine groups is 1. The third-order valence-corrected chi connectivity index (χ3v) is 1.90. The van der Waals surface area contributed by atoms with E-state index in [2.05, 4.69) is 17.3 Å². The number of guanidine groups is 1. The molecule has 0 spiro atoms. The highest BCUT2D eigenvalue weighted by Gasteiger charge is 1.99. The smallest absolute Gasteiger partial charge is 0.208 e. The Labute approximate surface area is 84.0 Å². The van der Waals surface area contributed by atoms with E-state index in [0.29, 0.717) is 0 Å². The highest BCUT2D eigenvalue weighted by Crippen LogP contribution is 2.19. The van der Waals surface area contributed by atoms with Crippen LogP contribution in [0.5, 0.6) is 0 Å². The first-order valence-electron chi connectivity index (χ1n) is 4.66. The molecule has 1 rings (SSSR count). The number of nitrogens with one attached hydrogen (secondary N) is 1. The molecule has 0 aliphatic carbocycles. The minimum absolute atomic E-state index is 0.230. The summed E-state index contributed by atoms with van der Waals surface area (Å²) in [6, 6.07) is 7.90. The third-order valence-electron chi connectivity index (χ3n) is 1.90. The summed E-state index contributed by atoms with van der Waals surface area (Å²) >= 11 is 0. The van der Waals surface area contributed by atoms with Gasteiger partial charge in [0, 0.05) is 0 Å². The molecule has 14 heavy (non-hydrogen) atoms. The Balaban J connectivity index is 2.95. The number of benzene rings is 1. The molecule has 0 radical (unpaired) electrons. The van der Waals surface area contributed by atoms with Crippen LogP contribution >= 0.6 is 0 Å². The summed E-state index contributed by atoms with van der Waals surface area (Å²) in [7, 11) is 0. The summed E-state index contributed by atoms with van der Waals surface area (Å²) in [4.78, 5) is 4.15. The summed E-state index contributed by atoms with van der Waals surface area (Å²) < 4.78 is 0. The largest absolute Gasteiger partial charge is 0.369 e. The van der Waals surface area contributed by atoms with E-state index in [9.17, 15) is 0 Å². The Morgan fingerprint density at radius 2 is 2.14 bits per heavy atom. The SMILES string of the molecule is CCCc1ccccc1N=C(N)NN. The molecular weight excluding hydrogens is 176 g/mol. The predicted octanol–water partition coefficient (Wildman–Crippen LogP) is 1.05. The summed E-state index contributed by atoms with van der Waals surface area (Å²) in [6.07, 6.45) is 2.08. The van der Waals surface area contributed by atoms with Gasteiger partial charge in [0.25, 0.3) is 0 Å². The van der Waals surface area contributed by atoms with Crippen LogP contribution in [0.2, 0.25) is 0 Å². The lowest BCUT2D eigenvalue weighted by atomic mass is 10.1. The van der Waals surface area contributed by atoms with Crippen molar-refractivity contribution in [1.82, 2.24) is 5.43 Å². The summed E-state index contributed by atoms with van der Waals surface area (Å²) in [5.41, 5.74) is 9.86. The monoisotopic (exact) mass is 192 g/mol. The van der Waals surface area contributed by atoms with E-state index in [1.165, 1.54) is 5.56 Å². The quantitative estimate of drug-likeness (QED) is 0.290. The molecule has 0 bridgehead atoms. The molecule has 0 aliphatic heterocycles. The third kappa shape index (κ3) is 2.74. The van der Waals surface area contributed by atoms with E-state index in [1.54, 1.807) is 0 Å². The van der Waals surface area contributed by atoms with Crippen LogP contribution in [0.4, 0.5) is 5.69 Å². The highest BCUT2D eigenvalue weighted by molar-refractivity contribution is 5.80. The molecular formula is C10H16N4. The second kappa shape index (κ2) is 5.24. The van der Waals surface area contributed by atoms with Crippen LogP contribution in [0.25, 0.3) is 0 Å². The topological polar surface area (TPSA) is 76.4 Å². The minimum atomic E-state index is 0.230. The fraction of sp³-hybridized carbons (Fsp3) is 0.300. The van der Waals surface area contributed by atoms with Gasteiger partial charge in [-0.1, -0.05) is 31.5 Å². The maximum atomic E-state index is 5.48.